The van der Waals surface area contributed by atoms with E-state index in [1.807, 2.05) is 12.3 Å². The lowest BCUT2D eigenvalue weighted by molar-refractivity contribution is 0.0784. The first-order valence-electron chi connectivity index (χ1n) is 13.4. The van der Waals surface area contributed by atoms with Crippen LogP contribution >= 0.6 is 0 Å². The molecule has 0 atom stereocenters. The number of H-pyrrole nitrogens is 1. The maximum Gasteiger partial charge on any atom is 0.254 e. The molecule has 4 aromatic heterocycles. The van der Waals surface area contributed by atoms with Gasteiger partial charge in [0.25, 0.3) is 5.91 Å². The van der Waals surface area contributed by atoms with Crippen LogP contribution < -0.4 is 5.32 Å². The second kappa shape index (κ2) is 11.1. The number of fused-ring (bicyclic) bond motifs is 3. The fraction of sp³-hybridized carbons (Fsp3) is 0.519. The van der Waals surface area contributed by atoms with Crippen molar-refractivity contribution in [3.8, 4) is 6.07 Å². The van der Waals surface area contributed by atoms with E-state index in [1.54, 1.807) is 23.3 Å². The van der Waals surface area contributed by atoms with Crippen molar-refractivity contribution >= 4 is 36.0 Å². The molecule has 200 valence electrons. The fourth-order valence-corrected chi connectivity index (χ4v) is 6.00. The van der Waals surface area contributed by atoms with E-state index >= 15 is 0 Å². The molecule has 1 aliphatic carbocycles. The minimum absolute atomic E-state index is 0.195. The SMILES string of the molecule is C[Si](C)(C)CCOCn1cc(C(=O)NCc2nc3cnc4[nH]ccc4c3n2C2CCC(CC#N)CC2)cn1. The number of nitriles is 1. The minimum atomic E-state index is -1.15. The Bertz CT molecular complexity index is 1450. The van der Waals surface area contributed by atoms with Crippen molar-refractivity contribution in [3.63, 3.8) is 0 Å². The molecule has 4 aromatic rings. The van der Waals surface area contributed by atoms with E-state index in [1.165, 1.54) is 0 Å². The number of nitrogens with zero attached hydrogens (tertiary/aromatic N) is 6. The number of hydrogen-bond acceptors (Lipinski definition) is 6. The molecule has 2 N–H and O–H groups in total. The standard InChI is InChI=1S/C27H36N8O2Si/c1-38(2,3)13-12-37-18-34-17-20(14-32-34)27(36)31-16-24-33-23-15-30-26-22(9-11-29-26)25(23)35(24)21-6-4-19(5-7-21)8-10-28/h9,11,14-15,17,19,21H,4-8,12-13,16,18H2,1-3H3,(H,29,30)(H,31,36). The number of carbonyl (C=O) groups is 1. The average molecular weight is 533 g/mol. The van der Waals surface area contributed by atoms with Gasteiger partial charge in [-0.15, -0.1) is 0 Å². The average Bonchev–Trinajstić information content (AvgIpc) is 3.63. The van der Waals surface area contributed by atoms with Gasteiger partial charge < -0.3 is 19.6 Å². The Labute approximate surface area is 223 Å². The van der Waals surface area contributed by atoms with Gasteiger partial charge in [-0.2, -0.15) is 10.4 Å². The molecule has 0 spiro atoms. The summed E-state index contributed by atoms with van der Waals surface area (Å²) in [7, 11) is -1.15. The highest BCUT2D eigenvalue weighted by Gasteiger charge is 2.27. The maximum absolute atomic E-state index is 13.0. The van der Waals surface area contributed by atoms with E-state index in [0.29, 0.717) is 37.8 Å². The van der Waals surface area contributed by atoms with Crippen molar-refractivity contribution in [1.82, 2.24) is 34.6 Å². The van der Waals surface area contributed by atoms with Crippen LogP contribution in [0.5, 0.6) is 0 Å². The van der Waals surface area contributed by atoms with Gasteiger partial charge in [-0.1, -0.05) is 19.6 Å². The van der Waals surface area contributed by atoms with Crippen LogP contribution in [0.4, 0.5) is 0 Å². The Morgan fingerprint density at radius 1 is 1.26 bits per heavy atom. The van der Waals surface area contributed by atoms with E-state index in [-0.39, 0.29) is 11.9 Å². The molecule has 10 nitrogen and oxygen atoms in total. The second-order valence-electron chi connectivity index (χ2n) is 11.5. The summed E-state index contributed by atoms with van der Waals surface area (Å²) in [5.74, 6) is 1.08. The predicted octanol–water partition coefficient (Wildman–Crippen LogP) is 5.00. The summed E-state index contributed by atoms with van der Waals surface area (Å²) in [6, 6.07) is 5.71. The van der Waals surface area contributed by atoms with E-state index in [4.69, 9.17) is 15.0 Å². The number of nitrogens with one attached hydrogen (secondary N) is 2. The molecule has 1 saturated carbocycles. The third-order valence-electron chi connectivity index (χ3n) is 7.39. The zero-order valence-electron chi connectivity index (χ0n) is 22.4. The maximum atomic E-state index is 13.0. The lowest BCUT2D eigenvalue weighted by Gasteiger charge is -2.30. The van der Waals surface area contributed by atoms with Crippen LogP contribution in [0.1, 0.15) is 54.3 Å². The number of rotatable bonds is 10. The van der Waals surface area contributed by atoms with Gasteiger partial charge in [0.1, 0.15) is 23.7 Å². The number of ether oxygens (including phenoxy) is 1. The summed E-state index contributed by atoms with van der Waals surface area (Å²) in [6.07, 6.45) is 11.6. The van der Waals surface area contributed by atoms with E-state index in [0.717, 1.165) is 59.6 Å². The van der Waals surface area contributed by atoms with E-state index in [2.05, 4.69) is 50.7 Å². The molecule has 0 unspecified atom stereocenters. The number of amides is 1. The number of carbonyl (C=O) groups excluding carboxylic acids is 1. The molecule has 5 rings (SSSR count). The lowest BCUT2D eigenvalue weighted by Crippen LogP contribution is -2.26. The lowest BCUT2D eigenvalue weighted by atomic mass is 9.84. The van der Waals surface area contributed by atoms with Crippen molar-refractivity contribution in [2.75, 3.05) is 6.61 Å². The quantitative estimate of drug-likeness (QED) is 0.219. The molecule has 0 aromatic carbocycles. The fourth-order valence-electron chi connectivity index (χ4n) is 5.24. The summed E-state index contributed by atoms with van der Waals surface area (Å²) in [6.45, 7) is 8.29. The minimum Gasteiger partial charge on any atom is -0.360 e. The number of hydrogen-bond donors (Lipinski definition) is 2. The van der Waals surface area contributed by atoms with Crippen LogP contribution in [-0.4, -0.2) is 49.9 Å². The third-order valence-corrected chi connectivity index (χ3v) is 9.10. The van der Waals surface area contributed by atoms with Crippen LogP contribution in [0.15, 0.2) is 30.9 Å². The van der Waals surface area contributed by atoms with Crippen molar-refractivity contribution in [3.05, 3.63) is 42.2 Å². The predicted molar refractivity (Wildman–Crippen MR) is 148 cm³/mol. The first kappa shape index (κ1) is 26.1. The zero-order valence-corrected chi connectivity index (χ0v) is 23.4. The van der Waals surface area contributed by atoms with Gasteiger partial charge in [0.2, 0.25) is 0 Å². The largest absolute Gasteiger partial charge is 0.360 e. The Morgan fingerprint density at radius 2 is 2.08 bits per heavy atom. The van der Waals surface area contributed by atoms with Crippen LogP contribution in [-0.2, 0) is 18.0 Å². The van der Waals surface area contributed by atoms with E-state index < -0.39 is 8.07 Å². The zero-order chi connectivity index (χ0) is 26.7. The molecule has 11 heteroatoms. The van der Waals surface area contributed by atoms with Gasteiger partial charge >= 0.3 is 0 Å². The third kappa shape index (κ3) is 5.81. The molecule has 1 amide bonds. The summed E-state index contributed by atoms with van der Waals surface area (Å²) < 4.78 is 9.70. The Morgan fingerprint density at radius 3 is 2.84 bits per heavy atom. The molecule has 0 radical (unpaired) electrons. The number of pyridine rings is 1. The van der Waals surface area contributed by atoms with Crippen molar-refractivity contribution in [2.24, 2.45) is 5.92 Å². The molecular formula is C27H36N8O2Si. The summed E-state index contributed by atoms with van der Waals surface area (Å²) >= 11 is 0. The first-order chi connectivity index (χ1) is 18.3. The van der Waals surface area contributed by atoms with Crippen molar-refractivity contribution in [2.45, 2.75) is 77.1 Å². The molecule has 38 heavy (non-hydrogen) atoms. The molecule has 1 aliphatic rings. The van der Waals surface area contributed by atoms with Gasteiger partial charge in [0, 0.05) is 44.9 Å². The second-order valence-corrected chi connectivity index (χ2v) is 17.1. The van der Waals surface area contributed by atoms with Gasteiger partial charge in [0.05, 0.1) is 36.1 Å². The summed E-state index contributed by atoms with van der Waals surface area (Å²) in [5, 5.41) is 17.5. The molecule has 0 aliphatic heterocycles. The van der Waals surface area contributed by atoms with Gasteiger partial charge in [-0.25, -0.2) is 14.6 Å². The van der Waals surface area contributed by atoms with Crippen LogP contribution in [0.3, 0.4) is 0 Å². The van der Waals surface area contributed by atoms with Crippen LogP contribution in [0, 0.1) is 17.2 Å². The van der Waals surface area contributed by atoms with Gasteiger partial charge in [-0.3, -0.25) is 4.79 Å². The molecular weight excluding hydrogens is 496 g/mol. The highest BCUT2D eigenvalue weighted by Crippen LogP contribution is 2.37. The first-order valence-corrected chi connectivity index (χ1v) is 17.1. The van der Waals surface area contributed by atoms with Gasteiger partial charge in [0.15, 0.2) is 0 Å². The number of aromatic amines is 1. The molecule has 0 bridgehead atoms. The van der Waals surface area contributed by atoms with Crippen molar-refractivity contribution < 1.29 is 9.53 Å². The van der Waals surface area contributed by atoms with Crippen LogP contribution in [0.25, 0.3) is 22.1 Å². The summed E-state index contributed by atoms with van der Waals surface area (Å²) in [5.41, 5.74) is 3.19. The topological polar surface area (TPSA) is 126 Å². The Balaban J connectivity index is 1.31. The summed E-state index contributed by atoms with van der Waals surface area (Å²) in [4.78, 5) is 25.6. The van der Waals surface area contributed by atoms with Crippen LogP contribution in [0.2, 0.25) is 25.7 Å². The van der Waals surface area contributed by atoms with Crippen molar-refractivity contribution in [1.29, 1.82) is 5.26 Å². The molecule has 0 saturated heterocycles. The molecule has 1 fully saturated rings. The number of aromatic nitrogens is 6. The Hall–Kier alpha value is -3.49. The normalized spacial score (nSPS) is 18.2. The monoisotopic (exact) mass is 532 g/mol. The number of imidazole rings is 1. The van der Waals surface area contributed by atoms with E-state index in [9.17, 15) is 4.79 Å². The Kier molecular flexibility index (Phi) is 7.62. The highest BCUT2D eigenvalue weighted by molar-refractivity contribution is 6.76. The highest BCUT2D eigenvalue weighted by atomic mass is 28.3. The molecule has 4 heterocycles. The smallest absolute Gasteiger partial charge is 0.254 e. The van der Waals surface area contributed by atoms with Gasteiger partial charge in [-0.05, 0) is 43.7 Å².